The SMILES string of the molecule is Cc1cccc(Nc2ncnc3ccc([N+](=O)[O-])cc23)c1F. The van der Waals surface area contributed by atoms with Crippen molar-refractivity contribution in [1.29, 1.82) is 0 Å². The highest BCUT2D eigenvalue weighted by atomic mass is 19.1. The minimum atomic E-state index is -0.497. The number of fused-ring (bicyclic) bond motifs is 1. The van der Waals surface area contributed by atoms with Crippen LogP contribution in [0.2, 0.25) is 0 Å². The highest BCUT2D eigenvalue weighted by molar-refractivity contribution is 5.92. The molecule has 0 aliphatic rings. The van der Waals surface area contributed by atoms with Crippen molar-refractivity contribution in [3.8, 4) is 0 Å². The lowest BCUT2D eigenvalue weighted by Crippen LogP contribution is -1.99. The number of anilines is 2. The molecule has 0 spiro atoms. The number of nitro benzene ring substituents is 1. The third-order valence-electron chi connectivity index (χ3n) is 3.27. The van der Waals surface area contributed by atoms with Crippen molar-refractivity contribution in [2.75, 3.05) is 5.32 Å². The monoisotopic (exact) mass is 298 g/mol. The number of halogens is 1. The number of nitrogens with zero attached hydrogens (tertiary/aromatic N) is 3. The summed E-state index contributed by atoms with van der Waals surface area (Å²) in [4.78, 5) is 18.5. The molecule has 0 atom stereocenters. The summed E-state index contributed by atoms with van der Waals surface area (Å²) in [5.74, 6) is -0.0714. The Bertz CT molecular complexity index is 883. The molecule has 1 aromatic heterocycles. The largest absolute Gasteiger partial charge is 0.337 e. The van der Waals surface area contributed by atoms with Gasteiger partial charge < -0.3 is 5.32 Å². The Labute approximate surface area is 124 Å². The summed E-state index contributed by atoms with van der Waals surface area (Å²) in [5.41, 5.74) is 1.21. The van der Waals surface area contributed by atoms with E-state index < -0.39 is 4.92 Å². The fourth-order valence-electron chi connectivity index (χ4n) is 2.13. The van der Waals surface area contributed by atoms with Gasteiger partial charge in [-0.2, -0.15) is 0 Å². The normalized spacial score (nSPS) is 10.6. The van der Waals surface area contributed by atoms with Crippen LogP contribution in [-0.4, -0.2) is 14.9 Å². The Morgan fingerprint density at radius 3 is 2.82 bits per heavy atom. The maximum absolute atomic E-state index is 14.1. The first-order valence-corrected chi connectivity index (χ1v) is 6.47. The summed E-state index contributed by atoms with van der Waals surface area (Å²) in [6.07, 6.45) is 1.32. The molecule has 3 aromatic rings. The van der Waals surface area contributed by atoms with E-state index in [9.17, 15) is 14.5 Å². The van der Waals surface area contributed by atoms with Crippen LogP contribution >= 0.6 is 0 Å². The molecule has 0 aliphatic heterocycles. The number of benzene rings is 2. The van der Waals surface area contributed by atoms with Gasteiger partial charge in [0.1, 0.15) is 18.0 Å². The number of non-ortho nitro benzene ring substituents is 1. The van der Waals surface area contributed by atoms with Crippen LogP contribution < -0.4 is 5.32 Å². The van der Waals surface area contributed by atoms with Gasteiger partial charge in [0.2, 0.25) is 0 Å². The minimum Gasteiger partial charge on any atom is -0.337 e. The highest BCUT2D eigenvalue weighted by Gasteiger charge is 2.12. The lowest BCUT2D eigenvalue weighted by atomic mass is 10.2. The summed E-state index contributed by atoms with van der Waals surface area (Å²) in [6, 6.07) is 9.22. The van der Waals surface area contributed by atoms with Crippen LogP contribution in [0, 0.1) is 22.9 Å². The molecule has 22 heavy (non-hydrogen) atoms. The Morgan fingerprint density at radius 1 is 1.23 bits per heavy atom. The van der Waals surface area contributed by atoms with Crippen LogP contribution in [0.3, 0.4) is 0 Å². The maximum Gasteiger partial charge on any atom is 0.270 e. The standard InChI is InChI=1S/C15H11FN4O2/c1-9-3-2-4-13(14(9)16)19-15-11-7-10(20(21)22)5-6-12(11)17-8-18-15/h2-8H,1H3,(H,17,18,19). The molecule has 0 radical (unpaired) electrons. The predicted octanol–water partition coefficient (Wildman–Crippen LogP) is 3.73. The van der Waals surface area contributed by atoms with Crippen molar-refractivity contribution in [2.24, 2.45) is 0 Å². The number of hydrogen-bond acceptors (Lipinski definition) is 5. The Kier molecular flexibility index (Phi) is 3.38. The molecule has 7 heteroatoms. The van der Waals surface area contributed by atoms with E-state index in [1.54, 1.807) is 25.1 Å². The summed E-state index contributed by atoms with van der Waals surface area (Å²) < 4.78 is 14.1. The second kappa shape index (κ2) is 5.36. The van der Waals surface area contributed by atoms with E-state index in [2.05, 4.69) is 15.3 Å². The van der Waals surface area contributed by atoms with Crippen molar-refractivity contribution in [3.05, 3.63) is 64.2 Å². The zero-order valence-corrected chi connectivity index (χ0v) is 11.6. The van der Waals surface area contributed by atoms with Gasteiger partial charge in [-0.05, 0) is 24.6 Å². The lowest BCUT2D eigenvalue weighted by Gasteiger charge is -2.10. The van der Waals surface area contributed by atoms with Crippen LogP contribution in [-0.2, 0) is 0 Å². The molecule has 3 rings (SSSR count). The molecule has 0 bridgehead atoms. The Balaban J connectivity index is 2.12. The van der Waals surface area contributed by atoms with Gasteiger partial charge >= 0.3 is 0 Å². The van der Waals surface area contributed by atoms with E-state index in [-0.39, 0.29) is 17.2 Å². The summed E-state index contributed by atoms with van der Waals surface area (Å²) in [7, 11) is 0. The van der Waals surface area contributed by atoms with Crippen molar-refractivity contribution in [1.82, 2.24) is 9.97 Å². The number of rotatable bonds is 3. The second-order valence-corrected chi connectivity index (χ2v) is 4.74. The number of nitrogens with one attached hydrogen (secondary N) is 1. The number of aryl methyl sites for hydroxylation is 1. The number of nitro groups is 1. The van der Waals surface area contributed by atoms with E-state index in [0.717, 1.165) is 0 Å². The molecule has 0 amide bonds. The molecule has 110 valence electrons. The van der Waals surface area contributed by atoms with Crippen LogP contribution in [0.5, 0.6) is 0 Å². The molecule has 0 saturated carbocycles. The topological polar surface area (TPSA) is 81.0 Å². The maximum atomic E-state index is 14.1. The summed E-state index contributed by atoms with van der Waals surface area (Å²) in [6.45, 7) is 1.66. The molecular formula is C15H11FN4O2. The van der Waals surface area contributed by atoms with Crippen LogP contribution in [0.25, 0.3) is 10.9 Å². The van der Waals surface area contributed by atoms with Crippen LogP contribution in [0.4, 0.5) is 21.6 Å². The van der Waals surface area contributed by atoms with Crippen molar-refractivity contribution >= 4 is 28.1 Å². The average Bonchev–Trinajstić information content (AvgIpc) is 2.51. The third kappa shape index (κ3) is 2.44. The highest BCUT2D eigenvalue weighted by Crippen LogP contribution is 2.28. The third-order valence-corrected chi connectivity index (χ3v) is 3.27. The smallest absolute Gasteiger partial charge is 0.270 e. The van der Waals surface area contributed by atoms with Gasteiger partial charge in [-0.1, -0.05) is 12.1 Å². The Morgan fingerprint density at radius 2 is 2.05 bits per heavy atom. The van der Waals surface area contributed by atoms with Crippen LogP contribution in [0.1, 0.15) is 5.56 Å². The summed E-state index contributed by atoms with van der Waals surface area (Å²) in [5, 5.41) is 14.2. The van der Waals surface area contributed by atoms with Crippen LogP contribution in [0.15, 0.2) is 42.7 Å². The van der Waals surface area contributed by atoms with Gasteiger partial charge in [-0.15, -0.1) is 0 Å². The molecule has 0 fully saturated rings. The summed E-state index contributed by atoms with van der Waals surface area (Å²) >= 11 is 0. The van der Waals surface area contributed by atoms with Gasteiger partial charge in [0.25, 0.3) is 5.69 Å². The zero-order chi connectivity index (χ0) is 15.7. The number of aromatic nitrogens is 2. The minimum absolute atomic E-state index is 0.0740. The van der Waals surface area contributed by atoms with E-state index in [1.807, 2.05) is 0 Å². The average molecular weight is 298 g/mol. The van der Waals surface area contributed by atoms with Crippen molar-refractivity contribution in [3.63, 3.8) is 0 Å². The molecule has 6 nitrogen and oxygen atoms in total. The van der Waals surface area contributed by atoms with E-state index >= 15 is 0 Å². The predicted molar refractivity (Wildman–Crippen MR) is 80.6 cm³/mol. The fourth-order valence-corrected chi connectivity index (χ4v) is 2.13. The number of hydrogen-bond donors (Lipinski definition) is 1. The van der Waals surface area contributed by atoms with Gasteiger partial charge in [0.05, 0.1) is 16.1 Å². The van der Waals surface area contributed by atoms with E-state index in [0.29, 0.717) is 22.3 Å². The van der Waals surface area contributed by atoms with Crippen molar-refractivity contribution < 1.29 is 9.31 Å². The molecule has 1 N–H and O–H groups in total. The first-order chi connectivity index (χ1) is 10.6. The van der Waals surface area contributed by atoms with E-state index in [1.165, 1.54) is 24.5 Å². The van der Waals surface area contributed by atoms with Gasteiger partial charge in [-0.3, -0.25) is 10.1 Å². The quantitative estimate of drug-likeness (QED) is 0.588. The zero-order valence-electron chi connectivity index (χ0n) is 11.6. The molecule has 0 unspecified atom stereocenters. The Hall–Kier alpha value is -3.09. The molecule has 0 saturated heterocycles. The molecule has 0 aliphatic carbocycles. The van der Waals surface area contributed by atoms with Gasteiger partial charge in [0, 0.05) is 17.5 Å². The first-order valence-electron chi connectivity index (χ1n) is 6.47. The second-order valence-electron chi connectivity index (χ2n) is 4.74. The van der Waals surface area contributed by atoms with Gasteiger partial charge in [0.15, 0.2) is 0 Å². The van der Waals surface area contributed by atoms with Gasteiger partial charge in [-0.25, -0.2) is 14.4 Å². The lowest BCUT2D eigenvalue weighted by molar-refractivity contribution is -0.384. The molecular weight excluding hydrogens is 287 g/mol. The first kappa shape index (κ1) is 13.9. The molecule has 1 heterocycles. The van der Waals surface area contributed by atoms with E-state index in [4.69, 9.17) is 0 Å². The molecule has 2 aromatic carbocycles. The van der Waals surface area contributed by atoms with Crippen molar-refractivity contribution in [2.45, 2.75) is 6.92 Å². The fraction of sp³-hybridized carbons (Fsp3) is 0.0667.